The second kappa shape index (κ2) is 4.38. The summed E-state index contributed by atoms with van der Waals surface area (Å²) >= 11 is 0. The first-order valence-electron chi connectivity index (χ1n) is 7.11. The summed E-state index contributed by atoms with van der Waals surface area (Å²) in [6.07, 6.45) is 4.85. The van der Waals surface area contributed by atoms with Gasteiger partial charge >= 0.3 is 0 Å². The van der Waals surface area contributed by atoms with Crippen molar-refractivity contribution < 1.29 is 9.84 Å². The fourth-order valence-electron chi connectivity index (χ4n) is 3.47. The van der Waals surface area contributed by atoms with Crippen molar-refractivity contribution in [2.75, 3.05) is 0 Å². The third-order valence-electron chi connectivity index (χ3n) is 4.85. The molecule has 1 aromatic rings. The zero-order valence-electron chi connectivity index (χ0n) is 11.9. The summed E-state index contributed by atoms with van der Waals surface area (Å²) < 4.78 is 6.41. The van der Waals surface area contributed by atoms with Crippen molar-refractivity contribution in [2.24, 2.45) is 11.8 Å². The maximum absolute atomic E-state index is 9.43. The molecule has 2 heteroatoms. The van der Waals surface area contributed by atoms with Crippen LogP contribution in [0.2, 0.25) is 0 Å². The van der Waals surface area contributed by atoms with Crippen LogP contribution in [0, 0.1) is 11.8 Å². The molecule has 1 aliphatic carbocycles. The minimum absolute atomic E-state index is 0.0732. The van der Waals surface area contributed by atoms with Crippen molar-refractivity contribution in [1.82, 2.24) is 0 Å². The zero-order chi connectivity index (χ0) is 13.6. The van der Waals surface area contributed by atoms with E-state index in [2.05, 4.69) is 26.8 Å². The highest BCUT2D eigenvalue weighted by molar-refractivity contribution is 5.30. The van der Waals surface area contributed by atoms with Crippen molar-refractivity contribution in [3.05, 3.63) is 41.5 Å². The number of hydrogen-bond donors (Lipinski definition) is 1. The highest BCUT2D eigenvalue weighted by Crippen LogP contribution is 2.50. The second-order valence-corrected chi connectivity index (χ2v) is 6.46. The quantitative estimate of drug-likeness (QED) is 0.764. The lowest BCUT2D eigenvalue weighted by Gasteiger charge is -2.49. The van der Waals surface area contributed by atoms with Gasteiger partial charge in [-0.25, -0.2) is 0 Å². The molecule has 1 fully saturated rings. The van der Waals surface area contributed by atoms with Crippen molar-refractivity contribution in [3.63, 3.8) is 0 Å². The van der Waals surface area contributed by atoms with E-state index in [0.29, 0.717) is 17.6 Å². The van der Waals surface area contributed by atoms with Crippen molar-refractivity contribution in [2.45, 2.75) is 45.3 Å². The Kier molecular flexibility index (Phi) is 2.94. The molecule has 1 saturated heterocycles. The number of benzene rings is 1. The van der Waals surface area contributed by atoms with Crippen molar-refractivity contribution in [3.8, 4) is 5.75 Å². The van der Waals surface area contributed by atoms with Crippen molar-refractivity contribution in [1.29, 1.82) is 0 Å². The Morgan fingerprint density at radius 1 is 1.21 bits per heavy atom. The summed E-state index contributed by atoms with van der Waals surface area (Å²) in [4.78, 5) is 0. The van der Waals surface area contributed by atoms with Gasteiger partial charge in [-0.2, -0.15) is 0 Å². The van der Waals surface area contributed by atoms with E-state index in [-0.39, 0.29) is 11.7 Å². The van der Waals surface area contributed by atoms with Gasteiger partial charge < -0.3 is 9.84 Å². The standard InChI is InChI=1S/C17H22O2/c1-11-4-7-13-10-15(11)16(19-17(13,2)3)12-5-8-14(18)9-6-12/h4-6,8-9,13,15-16,18H,7,10H2,1-3H3/t13-,15-,16?/m0/s1. The summed E-state index contributed by atoms with van der Waals surface area (Å²) in [7, 11) is 0. The van der Waals surface area contributed by atoms with E-state index in [4.69, 9.17) is 4.74 Å². The minimum atomic E-state index is -0.0732. The van der Waals surface area contributed by atoms with E-state index in [1.165, 1.54) is 17.6 Å². The molecule has 1 unspecified atom stereocenters. The number of ether oxygens (including phenoxy) is 1. The van der Waals surface area contributed by atoms with Crippen LogP contribution < -0.4 is 0 Å². The highest BCUT2D eigenvalue weighted by atomic mass is 16.5. The molecule has 1 N–H and O–H groups in total. The lowest BCUT2D eigenvalue weighted by Crippen LogP contribution is -2.45. The third kappa shape index (κ3) is 2.18. The highest BCUT2D eigenvalue weighted by Gasteiger charge is 2.45. The third-order valence-corrected chi connectivity index (χ3v) is 4.85. The maximum atomic E-state index is 9.43. The number of aromatic hydroxyl groups is 1. The molecule has 0 radical (unpaired) electrons. The predicted octanol–water partition coefficient (Wildman–Crippen LogP) is 4.21. The Hall–Kier alpha value is -1.28. The summed E-state index contributed by atoms with van der Waals surface area (Å²) in [5.74, 6) is 1.42. The van der Waals surface area contributed by atoms with E-state index in [1.54, 1.807) is 12.1 Å². The normalized spacial score (nSPS) is 32.8. The van der Waals surface area contributed by atoms with Gasteiger partial charge in [-0.1, -0.05) is 23.8 Å². The zero-order valence-corrected chi connectivity index (χ0v) is 11.9. The van der Waals surface area contributed by atoms with Gasteiger partial charge in [0.25, 0.3) is 0 Å². The molecule has 0 aromatic heterocycles. The summed E-state index contributed by atoms with van der Waals surface area (Å²) in [5, 5.41) is 9.43. The smallest absolute Gasteiger partial charge is 0.115 e. The van der Waals surface area contributed by atoms with Gasteiger partial charge in [0.1, 0.15) is 5.75 Å². The molecule has 3 atom stereocenters. The molecule has 0 spiro atoms. The van der Waals surface area contributed by atoms with Gasteiger partial charge in [0, 0.05) is 5.92 Å². The van der Waals surface area contributed by atoms with Crippen LogP contribution >= 0.6 is 0 Å². The first-order chi connectivity index (χ1) is 8.97. The first-order valence-corrected chi connectivity index (χ1v) is 7.11. The number of allylic oxidation sites excluding steroid dienone is 1. The van der Waals surface area contributed by atoms with Gasteiger partial charge in [-0.05, 0) is 57.2 Å². The van der Waals surface area contributed by atoms with Crippen LogP contribution in [-0.2, 0) is 4.74 Å². The molecule has 102 valence electrons. The predicted molar refractivity (Wildman–Crippen MR) is 76.0 cm³/mol. The maximum Gasteiger partial charge on any atom is 0.115 e. The number of fused-ring (bicyclic) bond motifs is 2. The molecule has 0 amide bonds. The van der Waals surface area contributed by atoms with Crippen molar-refractivity contribution >= 4 is 0 Å². The van der Waals surface area contributed by atoms with E-state index < -0.39 is 0 Å². The van der Waals surface area contributed by atoms with E-state index in [0.717, 1.165) is 6.42 Å². The Morgan fingerprint density at radius 3 is 2.58 bits per heavy atom. The molecular formula is C17H22O2. The molecule has 1 aromatic carbocycles. The van der Waals surface area contributed by atoms with E-state index in [9.17, 15) is 5.11 Å². The van der Waals surface area contributed by atoms with Gasteiger partial charge in [0.05, 0.1) is 11.7 Å². The summed E-state index contributed by atoms with van der Waals surface area (Å²) in [6.45, 7) is 6.63. The number of rotatable bonds is 1. The fourth-order valence-corrected chi connectivity index (χ4v) is 3.47. The van der Waals surface area contributed by atoms with Crippen LogP contribution in [0.25, 0.3) is 0 Å². The van der Waals surface area contributed by atoms with Gasteiger partial charge in [0.15, 0.2) is 0 Å². The van der Waals surface area contributed by atoms with E-state index >= 15 is 0 Å². The van der Waals surface area contributed by atoms with Crippen LogP contribution in [0.5, 0.6) is 5.75 Å². The van der Waals surface area contributed by atoms with E-state index in [1.807, 2.05) is 12.1 Å². The molecule has 2 aliphatic rings. The van der Waals surface area contributed by atoms with Crippen LogP contribution in [0.4, 0.5) is 0 Å². The molecule has 3 rings (SSSR count). The average Bonchev–Trinajstić information content (AvgIpc) is 2.37. The van der Waals surface area contributed by atoms with Gasteiger partial charge in [-0.15, -0.1) is 0 Å². The molecule has 1 aliphatic heterocycles. The SMILES string of the molecule is CC1=CC[C@H]2C[C@@H]1C(c1ccc(O)cc1)OC2(C)C. The Balaban J connectivity index is 1.97. The second-order valence-electron chi connectivity index (χ2n) is 6.46. The van der Waals surface area contributed by atoms with Crippen LogP contribution in [0.1, 0.15) is 45.3 Å². The van der Waals surface area contributed by atoms with Crippen LogP contribution in [-0.4, -0.2) is 10.7 Å². The number of hydrogen-bond acceptors (Lipinski definition) is 2. The molecule has 0 saturated carbocycles. The van der Waals surface area contributed by atoms with Crippen LogP contribution in [0.15, 0.2) is 35.9 Å². The molecule has 2 bridgehead atoms. The number of phenols is 1. The molecule has 19 heavy (non-hydrogen) atoms. The lowest BCUT2D eigenvalue weighted by molar-refractivity contribution is -0.166. The Morgan fingerprint density at radius 2 is 1.89 bits per heavy atom. The Labute approximate surface area is 115 Å². The fraction of sp³-hybridized carbons (Fsp3) is 0.529. The first kappa shape index (κ1) is 12.7. The summed E-state index contributed by atoms with van der Waals surface area (Å²) in [6, 6.07) is 7.47. The minimum Gasteiger partial charge on any atom is -0.508 e. The lowest BCUT2D eigenvalue weighted by atomic mass is 9.69. The van der Waals surface area contributed by atoms with Gasteiger partial charge in [-0.3, -0.25) is 0 Å². The largest absolute Gasteiger partial charge is 0.508 e. The monoisotopic (exact) mass is 258 g/mol. The summed E-state index contributed by atoms with van der Waals surface area (Å²) in [5.41, 5.74) is 2.55. The number of phenolic OH excluding ortho intramolecular Hbond substituents is 1. The van der Waals surface area contributed by atoms with Gasteiger partial charge in [0.2, 0.25) is 0 Å². The van der Waals surface area contributed by atoms with Crippen LogP contribution in [0.3, 0.4) is 0 Å². The average molecular weight is 258 g/mol. The molecular weight excluding hydrogens is 236 g/mol. The Bertz CT molecular complexity index is 498. The molecule has 1 heterocycles. The topological polar surface area (TPSA) is 29.5 Å². The molecule has 2 nitrogen and oxygen atoms in total.